The first kappa shape index (κ1) is 19.1. The highest BCUT2D eigenvalue weighted by molar-refractivity contribution is 14.0. The zero-order chi connectivity index (χ0) is 16.1. The van der Waals surface area contributed by atoms with Gasteiger partial charge in [-0.1, -0.05) is 0 Å². The number of aromatic nitrogens is 4. The number of nitrogens with one attached hydrogen (secondary N) is 2. The number of aliphatic imine (C=N–C) groups is 1. The molecule has 1 aliphatic heterocycles. The molecule has 0 radical (unpaired) electrons. The van der Waals surface area contributed by atoms with Gasteiger partial charge in [-0.2, -0.15) is 5.10 Å². The molecule has 2 aromatic rings. The summed E-state index contributed by atoms with van der Waals surface area (Å²) in [6.45, 7) is 1.91. The molecule has 0 fully saturated rings. The molecule has 3 heterocycles. The zero-order valence-electron chi connectivity index (χ0n) is 13.7. The molecule has 1 atom stereocenters. The van der Waals surface area contributed by atoms with Gasteiger partial charge in [-0.05, 0) is 6.42 Å². The fraction of sp³-hybridized carbons (Fsp3) is 0.571. The van der Waals surface area contributed by atoms with Gasteiger partial charge in [0, 0.05) is 38.2 Å². The number of fused-ring (bicyclic) bond motifs is 1. The van der Waals surface area contributed by atoms with Crippen LogP contribution < -0.4 is 10.6 Å². The van der Waals surface area contributed by atoms with Crippen LogP contribution in [0.3, 0.4) is 0 Å². The lowest BCUT2D eigenvalue weighted by molar-refractivity contribution is 0.177. The van der Waals surface area contributed by atoms with E-state index < -0.39 is 0 Å². The average molecular weight is 463 g/mol. The van der Waals surface area contributed by atoms with Gasteiger partial charge in [0.05, 0.1) is 13.1 Å². The summed E-state index contributed by atoms with van der Waals surface area (Å²) in [4.78, 5) is 13.0. The Hall–Kier alpha value is -1.27. The number of hydrogen-bond acceptors (Lipinski definition) is 6. The van der Waals surface area contributed by atoms with Crippen molar-refractivity contribution >= 4 is 41.3 Å². The summed E-state index contributed by atoms with van der Waals surface area (Å²) in [5.74, 6) is 2.56. The van der Waals surface area contributed by atoms with E-state index in [0.717, 1.165) is 42.0 Å². The monoisotopic (exact) mass is 463 g/mol. The van der Waals surface area contributed by atoms with E-state index in [2.05, 4.69) is 30.7 Å². The number of hydrogen-bond donors (Lipinski definition) is 2. The predicted octanol–water partition coefficient (Wildman–Crippen LogP) is 1.18. The van der Waals surface area contributed by atoms with Crippen molar-refractivity contribution in [2.75, 3.05) is 14.2 Å². The molecule has 1 aliphatic rings. The summed E-state index contributed by atoms with van der Waals surface area (Å²) >= 11 is 1.63. The maximum atomic E-state index is 5.09. The fourth-order valence-corrected chi connectivity index (χ4v) is 3.11. The van der Waals surface area contributed by atoms with Crippen LogP contribution in [0.1, 0.15) is 23.1 Å². The second kappa shape index (κ2) is 9.28. The largest absolute Gasteiger partial charge is 0.377 e. The SMILES string of the molecule is CN=C(NCc1nccs1)NC1CCc2nc(COC)nn2C1.I. The molecule has 3 rings (SSSR count). The first-order valence-corrected chi connectivity index (χ1v) is 8.43. The van der Waals surface area contributed by atoms with Gasteiger partial charge in [-0.15, -0.1) is 35.3 Å². The topological polar surface area (TPSA) is 89.2 Å². The molecule has 24 heavy (non-hydrogen) atoms. The molecule has 8 nitrogen and oxygen atoms in total. The quantitative estimate of drug-likeness (QED) is 0.394. The first-order chi connectivity index (χ1) is 11.3. The van der Waals surface area contributed by atoms with Crippen molar-refractivity contribution in [1.82, 2.24) is 30.4 Å². The molecule has 0 spiro atoms. The highest BCUT2D eigenvalue weighted by atomic mass is 127. The van der Waals surface area contributed by atoms with Crippen LogP contribution in [0.5, 0.6) is 0 Å². The lowest BCUT2D eigenvalue weighted by atomic mass is 10.1. The van der Waals surface area contributed by atoms with E-state index >= 15 is 0 Å². The van der Waals surface area contributed by atoms with Crippen molar-refractivity contribution in [3.8, 4) is 0 Å². The fourth-order valence-electron chi connectivity index (χ4n) is 2.56. The van der Waals surface area contributed by atoms with Crippen molar-refractivity contribution in [2.45, 2.75) is 38.6 Å². The van der Waals surface area contributed by atoms with E-state index in [4.69, 9.17) is 4.74 Å². The minimum Gasteiger partial charge on any atom is -0.377 e. The molecule has 132 valence electrons. The number of guanidine groups is 1. The van der Waals surface area contributed by atoms with Crippen molar-refractivity contribution in [2.24, 2.45) is 4.99 Å². The van der Waals surface area contributed by atoms with Crippen molar-refractivity contribution < 1.29 is 4.74 Å². The molecule has 10 heteroatoms. The molecule has 0 saturated carbocycles. The maximum absolute atomic E-state index is 5.09. The summed E-state index contributed by atoms with van der Waals surface area (Å²) < 4.78 is 7.06. The van der Waals surface area contributed by atoms with Gasteiger partial charge < -0.3 is 15.4 Å². The van der Waals surface area contributed by atoms with E-state index in [9.17, 15) is 0 Å². The van der Waals surface area contributed by atoms with Crippen LogP contribution in [0.4, 0.5) is 0 Å². The third-order valence-electron chi connectivity index (χ3n) is 3.63. The van der Waals surface area contributed by atoms with E-state index in [0.29, 0.717) is 13.2 Å². The smallest absolute Gasteiger partial charge is 0.191 e. The Labute approximate surface area is 162 Å². The Morgan fingerprint density at radius 2 is 2.42 bits per heavy atom. The summed E-state index contributed by atoms with van der Waals surface area (Å²) in [7, 11) is 3.43. The molecule has 0 aliphatic carbocycles. The number of aryl methyl sites for hydroxylation is 1. The van der Waals surface area contributed by atoms with Gasteiger partial charge in [0.15, 0.2) is 11.8 Å². The van der Waals surface area contributed by atoms with Gasteiger partial charge in [-0.25, -0.2) is 14.6 Å². The van der Waals surface area contributed by atoms with Gasteiger partial charge in [-0.3, -0.25) is 4.99 Å². The summed E-state index contributed by atoms with van der Waals surface area (Å²) in [6.07, 6.45) is 3.71. The van der Waals surface area contributed by atoms with Crippen LogP contribution in [0, 0.1) is 0 Å². The van der Waals surface area contributed by atoms with Crippen LogP contribution >= 0.6 is 35.3 Å². The first-order valence-electron chi connectivity index (χ1n) is 7.55. The van der Waals surface area contributed by atoms with Crippen LogP contribution in [-0.2, 0) is 30.9 Å². The van der Waals surface area contributed by atoms with Crippen LogP contribution in [0.2, 0.25) is 0 Å². The second-order valence-corrected chi connectivity index (χ2v) is 6.27. The molecule has 0 aromatic carbocycles. The lowest BCUT2D eigenvalue weighted by Crippen LogP contribution is -2.46. The molecule has 0 saturated heterocycles. The molecule has 0 amide bonds. The predicted molar refractivity (Wildman–Crippen MR) is 104 cm³/mol. The number of nitrogens with zero attached hydrogens (tertiary/aromatic N) is 5. The van der Waals surface area contributed by atoms with Gasteiger partial charge >= 0.3 is 0 Å². The standard InChI is InChI=1S/C14H21N7OS.HI/c1-15-14(17-7-13-16-5-6-23-13)18-10-3-4-12-19-11(9-22-2)20-21(12)8-10;/h5-6,10H,3-4,7-9H2,1-2H3,(H2,15,17,18);1H. The summed E-state index contributed by atoms with van der Waals surface area (Å²) in [6, 6.07) is 0.280. The highest BCUT2D eigenvalue weighted by Crippen LogP contribution is 2.13. The van der Waals surface area contributed by atoms with E-state index in [1.54, 1.807) is 25.5 Å². The highest BCUT2D eigenvalue weighted by Gasteiger charge is 2.22. The van der Waals surface area contributed by atoms with Gasteiger partial charge in [0.1, 0.15) is 17.4 Å². The van der Waals surface area contributed by atoms with Crippen molar-refractivity contribution in [1.29, 1.82) is 0 Å². The minimum atomic E-state index is 0. The molecule has 2 N–H and O–H groups in total. The number of halogens is 1. The van der Waals surface area contributed by atoms with Crippen LogP contribution in [0.15, 0.2) is 16.6 Å². The number of rotatable bonds is 5. The molecule has 2 aromatic heterocycles. The third kappa shape index (κ3) is 4.86. The summed E-state index contributed by atoms with van der Waals surface area (Å²) in [5.41, 5.74) is 0. The van der Waals surface area contributed by atoms with E-state index in [1.165, 1.54) is 0 Å². The van der Waals surface area contributed by atoms with Crippen molar-refractivity contribution in [3.05, 3.63) is 28.2 Å². The van der Waals surface area contributed by atoms with Gasteiger partial charge in [0.2, 0.25) is 0 Å². The Morgan fingerprint density at radius 3 is 3.12 bits per heavy atom. The Kier molecular flexibility index (Phi) is 7.37. The van der Waals surface area contributed by atoms with Crippen LogP contribution in [-0.4, -0.2) is 45.9 Å². The molecular formula is C14H22IN7OS. The third-order valence-corrected chi connectivity index (χ3v) is 4.41. The molecule has 1 unspecified atom stereocenters. The Bertz CT molecular complexity index is 658. The Balaban J connectivity index is 0.00000208. The number of methoxy groups -OCH3 is 1. The number of thiazole rings is 1. The molecular weight excluding hydrogens is 441 g/mol. The van der Waals surface area contributed by atoms with Crippen LogP contribution in [0.25, 0.3) is 0 Å². The maximum Gasteiger partial charge on any atom is 0.191 e. The Morgan fingerprint density at radius 1 is 1.54 bits per heavy atom. The van der Waals surface area contributed by atoms with Crippen molar-refractivity contribution in [3.63, 3.8) is 0 Å². The lowest BCUT2D eigenvalue weighted by Gasteiger charge is -2.25. The van der Waals surface area contributed by atoms with E-state index in [-0.39, 0.29) is 30.0 Å². The average Bonchev–Trinajstić information content (AvgIpc) is 3.20. The number of ether oxygens (including phenoxy) is 1. The normalized spacial score (nSPS) is 17.1. The molecule has 0 bridgehead atoms. The second-order valence-electron chi connectivity index (χ2n) is 5.29. The minimum absolute atomic E-state index is 0. The zero-order valence-corrected chi connectivity index (χ0v) is 16.9. The van der Waals surface area contributed by atoms with E-state index in [1.807, 2.05) is 16.3 Å². The summed E-state index contributed by atoms with van der Waals surface area (Å²) in [5, 5.41) is 14.2. The van der Waals surface area contributed by atoms with Gasteiger partial charge in [0.25, 0.3) is 0 Å².